The van der Waals surface area contributed by atoms with Gasteiger partial charge < -0.3 is 0 Å². The molecule has 0 aliphatic rings. The van der Waals surface area contributed by atoms with Gasteiger partial charge in [-0.1, -0.05) is 0 Å². The topological polar surface area (TPSA) is 0 Å². The van der Waals surface area contributed by atoms with Gasteiger partial charge in [0.2, 0.25) is 0 Å². The van der Waals surface area contributed by atoms with Crippen molar-refractivity contribution in [1.29, 1.82) is 0 Å². The number of hydrogen-bond acceptors (Lipinski definition) is 0. The van der Waals surface area contributed by atoms with Gasteiger partial charge in [0.05, 0.1) is 0 Å². The molecular weight excluding hydrogens is 363 g/mol. The Bertz CT molecular complexity index is 0. The maximum absolute atomic E-state index is 0. The van der Waals surface area contributed by atoms with Crippen LogP contribution in [0.2, 0.25) is 0 Å². The third-order valence-corrected chi connectivity index (χ3v) is 0. The normalized spacial score (nSPS) is 0. The molecule has 0 bridgehead atoms. The second kappa shape index (κ2) is 29.8. The van der Waals surface area contributed by atoms with Crippen LogP contribution in [0.25, 0.3) is 0 Å². The van der Waals surface area contributed by atoms with E-state index in [1.807, 2.05) is 0 Å². The first kappa shape index (κ1) is 47.2. The van der Waals surface area contributed by atoms with E-state index in [0.29, 0.717) is 0 Å². The van der Waals surface area contributed by atoms with E-state index in [2.05, 4.69) is 0 Å². The summed E-state index contributed by atoms with van der Waals surface area (Å²) >= 11 is 0. The third kappa shape index (κ3) is 20.3. The van der Waals surface area contributed by atoms with Gasteiger partial charge in [-0.15, -0.1) is 0 Å². The third-order valence-electron chi connectivity index (χ3n) is 0. The van der Waals surface area contributed by atoms with E-state index in [1.165, 1.54) is 0 Å². The van der Waals surface area contributed by atoms with E-state index in [4.69, 9.17) is 0 Å². The first-order valence-electron chi connectivity index (χ1n) is 0. The Morgan fingerprint density at radius 3 is 0.400 bits per heavy atom. The van der Waals surface area contributed by atoms with Crippen molar-refractivity contribution in [2.45, 2.75) is 0 Å². The predicted octanol–water partition coefficient (Wildman–Crippen LogP) is -5.12. The van der Waals surface area contributed by atoms with E-state index in [0.717, 1.165) is 0 Å². The maximum atomic E-state index is 0. The Hall–Kier alpha value is 2.71. The molecular formula is H12Ge5. The van der Waals surface area contributed by atoms with Crippen LogP contribution in [-0.4, -0.2) is 88.0 Å². The molecule has 0 aromatic rings. The van der Waals surface area contributed by atoms with E-state index >= 15 is 0 Å². The summed E-state index contributed by atoms with van der Waals surface area (Å²) in [4.78, 5) is 0. The molecule has 0 nitrogen and oxygen atoms in total. The zero-order valence-electron chi connectivity index (χ0n) is 4.12. The molecule has 0 aromatic carbocycles. The zero-order valence-corrected chi connectivity index (χ0v) is 21.4. The first-order valence-corrected chi connectivity index (χ1v) is 0. The average molecular weight is 375 g/mol. The summed E-state index contributed by atoms with van der Waals surface area (Å²) in [5, 5.41) is 0. The van der Waals surface area contributed by atoms with Gasteiger partial charge >= 0.3 is 88.0 Å². The zero-order chi connectivity index (χ0) is 0. The van der Waals surface area contributed by atoms with Crippen molar-refractivity contribution < 1.29 is 0 Å². The SMILES string of the molecule is [GeH2].[GeH2].[GeH2].[GeH3].[GeH3]. The van der Waals surface area contributed by atoms with Crippen LogP contribution >= 0.6 is 0 Å². The summed E-state index contributed by atoms with van der Waals surface area (Å²) in [6, 6.07) is 0. The fourth-order valence-electron chi connectivity index (χ4n) is 0. The number of hydrogen-bond donors (Lipinski definition) is 0. The van der Waals surface area contributed by atoms with Crippen molar-refractivity contribution in [1.82, 2.24) is 0 Å². The Balaban J connectivity index is 0. The molecule has 0 amide bonds. The molecule has 0 saturated carbocycles. The van der Waals surface area contributed by atoms with Crippen LogP contribution in [0.3, 0.4) is 0 Å². The van der Waals surface area contributed by atoms with Crippen molar-refractivity contribution in [2.75, 3.05) is 0 Å². The van der Waals surface area contributed by atoms with Gasteiger partial charge in [-0.05, 0) is 0 Å². The van der Waals surface area contributed by atoms with Crippen LogP contribution in [0.15, 0.2) is 0 Å². The minimum absolute atomic E-state index is 0. The van der Waals surface area contributed by atoms with E-state index < -0.39 is 0 Å². The van der Waals surface area contributed by atoms with Crippen molar-refractivity contribution in [3.8, 4) is 0 Å². The second-order valence-electron chi connectivity index (χ2n) is 0. The van der Waals surface area contributed by atoms with Crippen molar-refractivity contribution >= 4 is 88.0 Å². The van der Waals surface area contributed by atoms with Crippen molar-refractivity contribution in [3.63, 3.8) is 0 Å². The molecule has 0 saturated heterocycles. The van der Waals surface area contributed by atoms with Crippen LogP contribution in [0.1, 0.15) is 0 Å². The number of rotatable bonds is 0. The van der Waals surface area contributed by atoms with Gasteiger partial charge in [0.15, 0.2) is 0 Å². The van der Waals surface area contributed by atoms with Gasteiger partial charge in [0.25, 0.3) is 0 Å². The molecule has 5 heavy (non-hydrogen) atoms. The molecule has 0 heterocycles. The van der Waals surface area contributed by atoms with E-state index in [-0.39, 0.29) is 88.0 Å². The summed E-state index contributed by atoms with van der Waals surface area (Å²) in [5.41, 5.74) is 0. The van der Waals surface area contributed by atoms with Gasteiger partial charge in [0, 0.05) is 0 Å². The molecule has 0 aliphatic carbocycles. The van der Waals surface area contributed by atoms with Crippen LogP contribution in [-0.2, 0) is 0 Å². The first-order chi connectivity index (χ1) is 0. The summed E-state index contributed by atoms with van der Waals surface area (Å²) in [7, 11) is 0. The monoisotopic (exact) mass is 382 g/mol. The Morgan fingerprint density at radius 1 is 0.400 bits per heavy atom. The molecule has 0 unspecified atom stereocenters. The van der Waals surface area contributed by atoms with Gasteiger partial charge in [-0.2, -0.15) is 0 Å². The molecule has 0 rings (SSSR count). The minimum atomic E-state index is 0. The van der Waals surface area contributed by atoms with Crippen LogP contribution in [0.5, 0.6) is 0 Å². The summed E-state index contributed by atoms with van der Waals surface area (Å²) in [6.07, 6.45) is 0. The van der Waals surface area contributed by atoms with Gasteiger partial charge in [0.1, 0.15) is 0 Å². The van der Waals surface area contributed by atoms with Crippen LogP contribution in [0.4, 0.5) is 0 Å². The Labute approximate surface area is 86.9 Å². The van der Waals surface area contributed by atoms with E-state index in [1.54, 1.807) is 0 Å². The fraction of sp³-hybridized carbons (Fsp3) is 0. The van der Waals surface area contributed by atoms with Crippen molar-refractivity contribution in [2.24, 2.45) is 0 Å². The molecule has 0 aliphatic heterocycles. The molecule has 5 heteroatoms. The molecule has 0 spiro atoms. The Kier molecular flexibility index (Phi) is 281. The average Bonchev–Trinajstić information content (AvgIpc) is 0. The molecule has 8 radical (unpaired) electrons. The summed E-state index contributed by atoms with van der Waals surface area (Å²) in [5.74, 6) is 0. The molecule has 0 aromatic heterocycles. The second-order valence-corrected chi connectivity index (χ2v) is 0. The summed E-state index contributed by atoms with van der Waals surface area (Å²) < 4.78 is 0. The van der Waals surface area contributed by atoms with Gasteiger partial charge in [-0.3, -0.25) is 0 Å². The van der Waals surface area contributed by atoms with Gasteiger partial charge in [-0.25, -0.2) is 0 Å². The molecule has 0 fully saturated rings. The summed E-state index contributed by atoms with van der Waals surface area (Å²) in [6.45, 7) is 0. The quantitative estimate of drug-likeness (QED) is 0.372. The standard InChI is InChI=1S/2GeH3.3GeH2/h2*1H3;3*1H2. The molecule has 0 atom stereocenters. The van der Waals surface area contributed by atoms with Crippen LogP contribution in [0, 0.1) is 0 Å². The molecule has 0 N–H and O–H groups in total. The van der Waals surface area contributed by atoms with E-state index in [9.17, 15) is 0 Å². The predicted molar refractivity (Wildman–Crippen MR) is 45.5 cm³/mol. The molecule has 32 valence electrons. The van der Waals surface area contributed by atoms with Crippen LogP contribution < -0.4 is 0 Å². The fourth-order valence-corrected chi connectivity index (χ4v) is 0. The van der Waals surface area contributed by atoms with Crippen molar-refractivity contribution in [3.05, 3.63) is 0 Å². The Morgan fingerprint density at radius 2 is 0.400 bits per heavy atom.